The van der Waals surface area contributed by atoms with E-state index in [0.29, 0.717) is 11.4 Å². The molecule has 94 valence electrons. The lowest BCUT2D eigenvalue weighted by atomic mass is 10.2. The van der Waals surface area contributed by atoms with Crippen LogP contribution in [0.1, 0.15) is 28.9 Å². The van der Waals surface area contributed by atoms with E-state index in [1.165, 1.54) is 7.11 Å². The van der Waals surface area contributed by atoms with Gasteiger partial charge in [-0.3, -0.25) is 5.10 Å². The van der Waals surface area contributed by atoms with Crippen LogP contribution in [0.2, 0.25) is 0 Å². The molecule has 2 N–H and O–H groups in total. The molecule has 0 aliphatic heterocycles. The summed E-state index contributed by atoms with van der Waals surface area (Å²) in [6.45, 7) is 1.98. The molecule has 6 heteroatoms. The number of carbonyl (C=O) groups excluding carboxylic acids is 1. The molecule has 0 aliphatic carbocycles. The molecule has 0 amide bonds. The van der Waals surface area contributed by atoms with Crippen molar-refractivity contribution in [1.29, 1.82) is 0 Å². The van der Waals surface area contributed by atoms with Gasteiger partial charge in [-0.1, -0.05) is 0 Å². The minimum absolute atomic E-state index is 0.0455. The fourth-order valence-corrected chi connectivity index (χ4v) is 1.56. The number of hydrogen-bond acceptors (Lipinski definition) is 5. The van der Waals surface area contributed by atoms with Crippen molar-refractivity contribution in [1.82, 2.24) is 15.2 Å². The zero-order chi connectivity index (χ0) is 13.0. The molecule has 0 saturated heterocycles. The van der Waals surface area contributed by atoms with Gasteiger partial charge in [-0.15, -0.1) is 0 Å². The van der Waals surface area contributed by atoms with Crippen LogP contribution in [0.4, 0.5) is 5.82 Å². The summed E-state index contributed by atoms with van der Waals surface area (Å²) in [7, 11) is 1.35. The third-order valence-corrected chi connectivity index (χ3v) is 2.56. The highest BCUT2D eigenvalue weighted by atomic mass is 16.5. The molecular formula is C12H14N4O2. The fraction of sp³-hybridized carbons (Fsp3) is 0.250. The van der Waals surface area contributed by atoms with Crippen LogP contribution in [0.5, 0.6) is 0 Å². The van der Waals surface area contributed by atoms with Crippen molar-refractivity contribution in [2.75, 3.05) is 12.4 Å². The number of hydrogen-bond donors (Lipinski definition) is 2. The Balaban J connectivity index is 2.12. The molecule has 1 unspecified atom stereocenters. The first kappa shape index (κ1) is 12.1. The quantitative estimate of drug-likeness (QED) is 0.803. The summed E-state index contributed by atoms with van der Waals surface area (Å²) >= 11 is 0. The van der Waals surface area contributed by atoms with Crippen molar-refractivity contribution in [3.8, 4) is 0 Å². The Bertz CT molecular complexity index is 525. The first-order valence-corrected chi connectivity index (χ1v) is 5.50. The Hall–Kier alpha value is -2.37. The van der Waals surface area contributed by atoms with Gasteiger partial charge in [0.2, 0.25) is 0 Å². The van der Waals surface area contributed by atoms with Gasteiger partial charge in [0.05, 0.1) is 24.9 Å². The van der Waals surface area contributed by atoms with Crippen LogP contribution < -0.4 is 5.32 Å². The van der Waals surface area contributed by atoms with E-state index in [4.69, 9.17) is 0 Å². The largest absolute Gasteiger partial charge is 0.465 e. The van der Waals surface area contributed by atoms with Gasteiger partial charge in [0.1, 0.15) is 5.82 Å². The summed E-state index contributed by atoms with van der Waals surface area (Å²) in [5, 5.41) is 9.82. The van der Waals surface area contributed by atoms with E-state index in [2.05, 4.69) is 25.2 Å². The molecule has 0 aromatic carbocycles. The normalized spacial score (nSPS) is 11.9. The molecule has 18 heavy (non-hydrogen) atoms. The topological polar surface area (TPSA) is 79.9 Å². The smallest absolute Gasteiger partial charge is 0.338 e. The lowest BCUT2D eigenvalue weighted by Crippen LogP contribution is -2.09. The highest BCUT2D eigenvalue weighted by Crippen LogP contribution is 2.17. The van der Waals surface area contributed by atoms with Gasteiger partial charge in [0.25, 0.3) is 0 Å². The average molecular weight is 246 g/mol. The van der Waals surface area contributed by atoms with Crippen LogP contribution >= 0.6 is 0 Å². The van der Waals surface area contributed by atoms with Crippen LogP contribution in [0.3, 0.4) is 0 Å². The zero-order valence-corrected chi connectivity index (χ0v) is 10.2. The Morgan fingerprint density at radius 3 is 3.06 bits per heavy atom. The molecule has 1 atom stereocenters. The van der Waals surface area contributed by atoms with Crippen molar-refractivity contribution in [3.63, 3.8) is 0 Å². The molecule has 2 heterocycles. The molecule has 0 fully saturated rings. The Morgan fingerprint density at radius 2 is 2.39 bits per heavy atom. The maximum Gasteiger partial charge on any atom is 0.338 e. The number of anilines is 1. The monoisotopic (exact) mass is 246 g/mol. The second-order valence-electron chi connectivity index (χ2n) is 3.82. The molecule has 0 spiro atoms. The van der Waals surface area contributed by atoms with E-state index in [1.54, 1.807) is 24.5 Å². The van der Waals surface area contributed by atoms with Gasteiger partial charge in [0.15, 0.2) is 0 Å². The predicted octanol–water partition coefficient (Wildman–Crippen LogP) is 1.76. The summed E-state index contributed by atoms with van der Waals surface area (Å²) in [4.78, 5) is 15.5. The van der Waals surface area contributed by atoms with Gasteiger partial charge in [-0.2, -0.15) is 5.10 Å². The lowest BCUT2D eigenvalue weighted by Gasteiger charge is -2.12. The van der Waals surface area contributed by atoms with Crippen LogP contribution in [0, 0.1) is 0 Å². The summed E-state index contributed by atoms with van der Waals surface area (Å²) in [5.74, 6) is 0.239. The SMILES string of the molecule is COC(=O)c1ccnc(NC(C)c2cn[nH]c2)c1. The summed E-state index contributed by atoms with van der Waals surface area (Å²) in [5.41, 5.74) is 1.48. The van der Waals surface area contributed by atoms with Crippen LogP contribution in [-0.4, -0.2) is 28.3 Å². The highest BCUT2D eigenvalue weighted by molar-refractivity contribution is 5.89. The second-order valence-corrected chi connectivity index (χ2v) is 3.82. The second kappa shape index (κ2) is 5.31. The molecule has 2 rings (SSSR count). The van der Waals surface area contributed by atoms with Gasteiger partial charge in [0, 0.05) is 18.0 Å². The first-order chi connectivity index (χ1) is 8.70. The van der Waals surface area contributed by atoms with Gasteiger partial charge in [-0.05, 0) is 19.1 Å². The van der Waals surface area contributed by atoms with Crippen LogP contribution in [-0.2, 0) is 4.74 Å². The third-order valence-electron chi connectivity index (χ3n) is 2.56. The number of rotatable bonds is 4. The molecule has 2 aromatic rings. The minimum atomic E-state index is -0.378. The maximum atomic E-state index is 11.4. The van der Waals surface area contributed by atoms with Crippen LogP contribution in [0.25, 0.3) is 0 Å². The van der Waals surface area contributed by atoms with Crippen molar-refractivity contribution < 1.29 is 9.53 Å². The molecular weight excluding hydrogens is 232 g/mol. The molecule has 6 nitrogen and oxygen atoms in total. The summed E-state index contributed by atoms with van der Waals surface area (Å²) in [6, 6.07) is 3.31. The average Bonchev–Trinajstić information content (AvgIpc) is 2.92. The molecule has 0 bridgehead atoms. The van der Waals surface area contributed by atoms with E-state index in [-0.39, 0.29) is 12.0 Å². The fourth-order valence-electron chi connectivity index (χ4n) is 1.56. The van der Waals surface area contributed by atoms with E-state index < -0.39 is 0 Å². The standard InChI is InChI=1S/C12H14N4O2/c1-8(10-6-14-15-7-10)16-11-5-9(3-4-13-11)12(17)18-2/h3-8H,1-2H3,(H,13,16)(H,14,15). The molecule has 0 radical (unpaired) electrons. The van der Waals surface area contributed by atoms with Crippen molar-refractivity contribution >= 4 is 11.8 Å². The summed E-state index contributed by atoms with van der Waals surface area (Å²) in [6.07, 6.45) is 5.11. The Kier molecular flexibility index (Phi) is 3.57. The van der Waals surface area contributed by atoms with Crippen molar-refractivity contribution in [3.05, 3.63) is 41.9 Å². The Labute approximate surface area is 104 Å². The number of aromatic nitrogens is 3. The van der Waals surface area contributed by atoms with Crippen molar-refractivity contribution in [2.45, 2.75) is 13.0 Å². The molecule has 2 aromatic heterocycles. The number of esters is 1. The number of H-pyrrole nitrogens is 1. The number of ether oxygens (including phenoxy) is 1. The minimum Gasteiger partial charge on any atom is -0.465 e. The van der Waals surface area contributed by atoms with Gasteiger partial charge < -0.3 is 10.1 Å². The van der Waals surface area contributed by atoms with E-state index in [1.807, 2.05) is 13.1 Å². The number of carbonyl (C=O) groups is 1. The van der Waals surface area contributed by atoms with E-state index in [9.17, 15) is 4.79 Å². The highest BCUT2D eigenvalue weighted by Gasteiger charge is 2.10. The maximum absolute atomic E-state index is 11.4. The Morgan fingerprint density at radius 1 is 1.56 bits per heavy atom. The number of aromatic amines is 1. The van der Waals surface area contributed by atoms with E-state index in [0.717, 1.165) is 5.56 Å². The molecule has 0 aliphatic rings. The predicted molar refractivity (Wildman–Crippen MR) is 66.2 cm³/mol. The van der Waals surface area contributed by atoms with Crippen molar-refractivity contribution in [2.24, 2.45) is 0 Å². The first-order valence-electron chi connectivity index (χ1n) is 5.50. The van der Waals surface area contributed by atoms with Crippen LogP contribution in [0.15, 0.2) is 30.7 Å². The number of pyridine rings is 1. The summed E-state index contributed by atoms with van der Waals surface area (Å²) < 4.78 is 4.66. The van der Waals surface area contributed by atoms with Gasteiger partial charge in [-0.25, -0.2) is 9.78 Å². The number of nitrogens with zero attached hydrogens (tertiary/aromatic N) is 2. The number of nitrogens with one attached hydrogen (secondary N) is 2. The lowest BCUT2D eigenvalue weighted by molar-refractivity contribution is 0.0600. The molecule has 0 saturated carbocycles. The third kappa shape index (κ3) is 2.65. The van der Waals surface area contributed by atoms with E-state index >= 15 is 0 Å². The van der Waals surface area contributed by atoms with Gasteiger partial charge >= 0.3 is 5.97 Å². The number of methoxy groups -OCH3 is 1. The zero-order valence-electron chi connectivity index (χ0n) is 10.2.